The zero-order chi connectivity index (χ0) is 21.6. The summed E-state index contributed by atoms with van der Waals surface area (Å²) in [5.74, 6) is 0.00389. The number of amides is 1. The Morgan fingerprint density at radius 2 is 1.90 bits per heavy atom. The monoisotopic (exact) mass is 456 g/mol. The van der Waals surface area contributed by atoms with Crippen LogP contribution in [0.3, 0.4) is 0 Å². The molecule has 1 N–H and O–H groups in total. The number of hydrogen-bond acceptors (Lipinski definition) is 5. The van der Waals surface area contributed by atoms with Crippen LogP contribution in [-0.2, 0) is 14.8 Å². The van der Waals surface area contributed by atoms with Crippen LogP contribution < -0.4 is 10.1 Å². The molecule has 0 aromatic heterocycles. The van der Waals surface area contributed by atoms with E-state index in [0.29, 0.717) is 5.75 Å². The van der Waals surface area contributed by atoms with E-state index < -0.39 is 10.0 Å². The molecule has 2 aromatic rings. The van der Waals surface area contributed by atoms with Gasteiger partial charge in [0.25, 0.3) is 0 Å². The lowest BCUT2D eigenvalue weighted by molar-refractivity contribution is -0.121. The largest absolute Gasteiger partial charge is 0.495 e. The maximum Gasteiger partial charge on any atom is 0.243 e. The van der Waals surface area contributed by atoms with Crippen LogP contribution in [-0.4, -0.2) is 45.1 Å². The fourth-order valence-corrected chi connectivity index (χ4v) is 4.91. The number of nitrogens with zero attached hydrogens (tertiary/aromatic N) is 1. The van der Waals surface area contributed by atoms with Crippen LogP contribution >= 0.6 is 23.4 Å². The molecule has 0 saturated heterocycles. The van der Waals surface area contributed by atoms with E-state index >= 15 is 0 Å². The van der Waals surface area contributed by atoms with Gasteiger partial charge in [-0.2, -0.15) is 4.31 Å². The lowest BCUT2D eigenvalue weighted by Crippen LogP contribution is -2.41. The molecule has 2 aromatic carbocycles. The van der Waals surface area contributed by atoms with E-state index in [2.05, 4.69) is 5.32 Å². The predicted molar refractivity (Wildman–Crippen MR) is 117 cm³/mol. The number of carbonyl (C=O) groups excluding carboxylic acids is 1. The van der Waals surface area contributed by atoms with Crippen LogP contribution in [0.15, 0.2) is 52.3 Å². The molecule has 0 unspecified atom stereocenters. The zero-order valence-electron chi connectivity index (χ0n) is 16.8. The maximum atomic E-state index is 12.9. The highest BCUT2D eigenvalue weighted by Gasteiger charge is 2.26. The van der Waals surface area contributed by atoms with Gasteiger partial charge < -0.3 is 10.1 Å². The first-order valence-corrected chi connectivity index (χ1v) is 12.0. The third-order valence-corrected chi connectivity index (χ3v) is 7.38. The van der Waals surface area contributed by atoms with Crippen LogP contribution in [0.2, 0.25) is 5.02 Å². The van der Waals surface area contributed by atoms with Crippen LogP contribution in [0, 0.1) is 0 Å². The number of halogens is 1. The minimum atomic E-state index is -3.87. The topological polar surface area (TPSA) is 75.7 Å². The van der Waals surface area contributed by atoms with Crippen molar-refractivity contribution < 1.29 is 17.9 Å². The summed E-state index contributed by atoms with van der Waals surface area (Å²) >= 11 is 7.70. The summed E-state index contributed by atoms with van der Waals surface area (Å²) < 4.78 is 32.0. The minimum Gasteiger partial charge on any atom is -0.495 e. The summed E-state index contributed by atoms with van der Waals surface area (Å²) in [5.41, 5.74) is 0.948. The summed E-state index contributed by atoms with van der Waals surface area (Å²) in [6, 6.07) is 11.9. The number of rotatable bonds is 9. The summed E-state index contributed by atoms with van der Waals surface area (Å²) in [6.07, 6.45) is 2.00. The number of ether oxygens (including phenoxy) is 1. The molecule has 2 rings (SSSR count). The van der Waals surface area contributed by atoms with Gasteiger partial charge in [0, 0.05) is 11.4 Å². The Bertz CT molecular complexity index is 949. The van der Waals surface area contributed by atoms with Gasteiger partial charge in [-0.05, 0) is 49.1 Å². The van der Waals surface area contributed by atoms with E-state index in [0.717, 1.165) is 14.8 Å². The van der Waals surface area contributed by atoms with Gasteiger partial charge >= 0.3 is 0 Å². The molecule has 29 heavy (non-hydrogen) atoms. The Morgan fingerprint density at radius 1 is 1.24 bits per heavy atom. The Hall–Kier alpha value is -1.74. The molecule has 0 aliphatic heterocycles. The van der Waals surface area contributed by atoms with E-state index in [1.54, 1.807) is 18.7 Å². The molecule has 0 aliphatic rings. The SMILES string of the molecule is CCN(CC(=O)N[C@@H](C)c1ccc(SC)cc1)S(=O)(=O)c1ccc(OC)c(Cl)c1. The van der Waals surface area contributed by atoms with E-state index in [1.165, 1.54) is 25.3 Å². The van der Waals surface area contributed by atoms with E-state index in [-0.39, 0.29) is 35.0 Å². The molecule has 0 heterocycles. The van der Waals surface area contributed by atoms with Crippen LogP contribution in [0.1, 0.15) is 25.5 Å². The summed E-state index contributed by atoms with van der Waals surface area (Å²) in [7, 11) is -2.42. The quantitative estimate of drug-likeness (QED) is 0.578. The molecule has 6 nitrogen and oxygen atoms in total. The van der Waals surface area contributed by atoms with Crippen molar-refractivity contribution in [1.82, 2.24) is 9.62 Å². The number of carbonyl (C=O) groups is 1. The zero-order valence-corrected chi connectivity index (χ0v) is 19.2. The molecule has 9 heteroatoms. The number of sulfonamides is 1. The Labute approximate surface area is 181 Å². The van der Waals surface area contributed by atoms with Crippen molar-refractivity contribution >= 4 is 39.3 Å². The normalized spacial score (nSPS) is 12.6. The maximum absolute atomic E-state index is 12.9. The number of methoxy groups -OCH3 is 1. The van der Waals surface area contributed by atoms with E-state index in [1.807, 2.05) is 37.4 Å². The highest BCUT2D eigenvalue weighted by atomic mass is 35.5. The van der Waals surface area contributed by atoms with Gasteiger partial charge in [-0.15, -0.1) is 11.8 Å². The fourth-order valence-electron chi connectivity index (χ4n) is 2.75. The molecular formula is C20H25ClN2O4S2. The van der Waals surface area contributed by atoms with Crippen molar-refractivity contribution in [2.24, 2.45) is 0 Å². The highest BCUT2D eigenvalue weighted by molar-refractivity contribution is 7.98. The Morgan fingerprint density at radius 3 is 2.41 bits per heavy atom. The summed E-state index contributed by atoms with van der Waals surface area (Å²) in [4.78, 5) is 13.6. The average molecular weight is 457 g/mol. The van der Waals surface area contributed by atoms with Gasteiger partial charge in [0.1, 0.15) is 5.75 Å². The molecule has 0 radical (unpaired) electrons. The molecule has 0 fully saturated rings. The number of benzene rings is 2. The number of thioether (sulfide) groups is 1. The standard InChI is InChI=1S/C20H25ClN2O4S2/c1-5-23(29(25,26)17-10-11-19(27-3)18(21)12-17)13-20(24)22-14(2)15-6-8-16(28-4)9-7-15/h6-12,14H,5,13H2,1-4H3,(H,22,24)/t14-/m0/s1. The van der Waals surface area contributed by atoms with E-state index in [9.17, 15) is 13.2 Å². The van der Waals surface area contributed by atoms with Gasteiger partial charge in [-0.1, -0.05) is 30.7 Å². The minimum absolute atomic E-state index is 0.0126. The number of hydrogen-bond donors (Lipinski definition) is 1. The second kappa shape index (κ2) is 10.3. The Balaban J connectivity index is 2.10. The molecule has 0 spiro atoms. The number of likely N-dealkylation sites (N-methyl/N-ethyl adjacent to an activating group) is 1. The molecule has 0 bridgehead atoms. The van der Waals surface area contributed by atoms with Crippen molar-refractivity contribution in [2.45, 2.75) is 29.7 Å². The van der Waals surface area contributed by atoms with Gasteiger partial charge in [0.15, 0.2) is 0 Å². The highest BCUT2D eigenvalue weighted by Crippen LogP contribution is 2.28. The molecule has 158 valence electrons. The third kappa shape index (κ3) is 5.88. The average Bonchev–Trinajstić information content (AvgIpc) is 2.71. The molecule has 1 amide bonds. The first-order chi connectivity index (χ1) is 13.7. The summed E-state index contributed by atoms with van der Waals surface area (Å²) in [6.45, 7) is 3.41. The molecule has 1 atom stereocenters. The molecule has 0 saturated carbocycles. The first kappa shape index (κ1) is 23.5. The second-order valence-electron chi connectivity index (χ2n) is 6.29. The fraction of sp³-hybridized carbons (Fsp3) is 0.350. The van der Waals surface area contributed by atoms with Gasteiger partial charge in [-0.3, -0.25) is 4.79 Å². The Kier molecular flexibility index (Phi) is 8.39. The van der Waals surface area contributed by atoms with Gasteiger partial charge in [0.05, 0.1) is 29.6 Å². The van der Waals surface area contributed by atoms with Crippen molar-refractivity contribution in [3.63, 3.8) is 0 Å². The predicted octanol–water partition coefficient (Wildman–Crippen LogP) is 3.96. The smallest absolute Gasteiger partial charge is 0.243 e. The lowest BCUT2D eigenvalue weighted by Gasteiger charge is -2.22. The van der Waals surface area contributed by atoms with Crippen molar-refractivity contribution in [2.75, 3.05) is 26.5 Å². The molecular weight excluding hydrogens is 432 g/mol. The van der Waals surface area contributed by atoms with Crippen molar-refractivity contribution in [3.05, 3.63) is 53.1 Å². The second-order valence-corrected chi connectivity index (χ2v) is 9.51. The van der Waals surface area contributed by atoms with Crippen LogP contribution in [0.4, 0.5) is 0 Å². The van der Waals surface area contributed by atoms with Crippen molar-refractivity contribution in [3.8, 4) is 5.75 Å². The molecule has 0 aliphatic carbocycles. The first-order valence-electron chi connectivity index (χ1n) is 9.00. The van der Waals surface area contributed by atoms with Crippen molar-refractivity contribution in [1.29, 1.82) is 0 Å². The van der Waals surface area contributed by atoms with Gasteiger partial charge in [0.2, 0.25) is 15.9 Å². The van der Waals surface area contributed by atoms with Gasteiger partial charge in [-0.25, -0.2) is 8.42 Å². The third-order valence-electron chi connectivity index (χ3n) is 4.43. The number of nitrogens with one attached hydrogen (secondary N) is 1. The lowest BCUT2D eigenvalue weighted by atomic mass is 10.1. The van der Waals surface area contributed by atoms with E-state index in [4.69, 9.17) is 16.3 Å². The van der Waals surface area contributed by atoms with Crippen LogP contribution in [0.5, 0.6) is 5.75 Å². The summed E-state index contributed by atoms with van der Waals surface area (Å²) in [5, 5.41) is 3.04. The van der Waals surface area contributed by atoms with Crippen LogP contribution in [0.25, 0.3) is 0 Å².